The van der Waals surface area contributed by atoms with Gasteiger partial charge in [0.25, 0.3) is 5.91 Å². The molecule has 28 heavy (non-hydrogen) atoms. The number of aromatic nitrogens is 4. The van der Waals surface area contributed by atoms with Gasteiger partial charge in [-0.3, -0.25) is 9.48 Å². The van der Waals surface area contributed by atoms with Crippen molar-refractivity contribution in [3.05, 3.63) is 58.1 Å². The highest BCUT2D eigenvalue weighted by Crippen LogP contribution is 2.26. The van der Waals surface area contributed by atoms with Crippen LogP contribution in [-0.2, 0) is 13.8 Å². The number of carboxylic acid groups (broad SMARTS) is 1. The minimum atomic E-state index is -1.19. The minimum Gasteiger partial charge on any atom is -0.476 e. The topological polar surface area (TPSA) is 111 Å². The molecule has 1 aromatic carbocycles. The van der Waals surface area contributed by atoms with E-state index in [-0.39, 0.29) is 23.8 Å². The maximum absolute atomic E-state index is 12.3. The van der Waals surface area contributed by atoms with Crippen LogP contribution in [0.3, 0.4) is 0 Å². The number of carbonyl (C=O) groups is 2. The minimum absolute atomic E-state index is 0.0953. The van der Waals surface area contributed by atoms with Gasteiger partial charge in [0.1, 0.15) is 5.75 Å². The summed E-state index contributed by atoms with van der Waals surface area (Å²) in [6, 6.07) is 5.15. The highest BCUT2D eigenvalue weighted by atomic mass is 35.5. The summed E-state index contributed by atoms with van der Waals surface area (Å²) in [4.78, 5) is 23.6. The molecule has 0 bridgehead atoms. The maximum Gasteiger partial charge on any atom is 0.356 e. The maximum atomic E-state index is 12.3. The van der Waals surface area contributed by atoms with E-state index in [1.807, 2.05) is 26.0 Å². The van der Waals surface area contributed by atoms with E-state index in [0.29, 0.717) is 10.8 Å². The molecule has 0 aliphatic rings. The zero-order valence-corrected chi connectivity index (χ0v) is 16.2. The van der Waals surface area contributed by atoms with Crippen molar-refractivity contribution in [1.29, 1.82) is 0 Å². The molecule has 0 unspecified atom stereocenters. The van der Waals surface area contributed by atoms with E-state index in [1.54, 1.807) is 6.20 Å². The van der Waals surface area contributed by atoms with Crippen molar-refractivity contribution < 1.29 is 19.4 Å². The summed E-state index contributed by atoms with van der Waals surface area (Å²) >= 11 is 6.14. The van der Waals surface area contributed by atoms with E-state index in [2.05, 4.69) is 15.5 Å². The second kappa shape index (κ2) is 7.73. The third-order valence-electron chi connectivity index (χ3n) is 4.04. The molecule has 2 aromatic heterocycles. The van der Waals surface area contributed by atoms with Crippen LogP contribution in [-0.4, -0.2) is 36.5 Å². The smallest absolute Gasteiger partial charge is 0.356 e. The number of anilines is 1. The van der Waals surface area contributed by atoms with Crippen molar-refractivity contribution in [3.8, 4) is 5.75 Å². The molecule has 2 heterocycles. The largest absolute Gasteiger partial charge is 0.476 e. The highest BCUT2D eigenvalue weighted by molar-refractivity contribution is 6.32. The van der Waals surface area contributed by atoms with Crippen LogP contribution in [0, 0.1) is 13.8 Å². The number of rotatable bonds is 6. The van der Waals surface area contributed by atoms with E-state index in [4.69, 9.17) is 16.3 Å². The van der Waals surface area contributed by atoms with Crippen molar-refractivity contribution in [3.63, 3.8) is 0 Å². The van der Waals surface area contributed by atoms with Gasteiger partial charge in [0.05, 0.1) is 11.9 Å². The fraction of sp³-hybridized carbons (Fsp3) is 0.222. The average Bonchev–Trinajstić information content (AvgIpc) is 3.24. The molecular weight excluding hydrogens is 386 g/mol. The number of aryl methyl sites for hydroxylation is 3. The van der Waals surface area contributed by atoms with Gasteiger partial charge in [-0.05, 0) is 43.2 Å². The van der Waals surface area contributed by atoms with Gasteiger partial charge in [-0.1, -0.05) is 11.6 Å². The Morgan fingerprint density at radius 1 is 1.29 bits per heavy atom. The zero-order chi connectivity index (χ0) is 20.4. The Labute approximate surface area is 165 Å². The van der Waals surface area contributed by atoms with Gasteiger partial charge in [-0.15, -0.1) is 0 Å². The predicted octanol–water partition coefficient (Wildman–Crippen LogP) is 2.87. The molecule has 3 rings (SSSR count). The molecule has 0 saturated carbocycles. The zero-order valence-electron chi connectivity index (χ0n) is 15.4. The number of benzene rings is 1. The molecule has 0 atom stereocenters. The van der Waals surface area contributed by atoms with Gasteiger partial charge in [-0.2, -0.15) is 10.2 Å². The molecule has 0 radical (unpaired) electrons. The fourth-order valence-electron chi connectivity index (χ4n) is 2.65. The lowest BCUT2D eigenvalue weighted by Gasteiger charge is -2.10. The molecule has 10 heteroatoms. The van der Waals surface area contributed by atoms with Crippen molar-refractivity contribution in [2.24, 2.45) is 7.05 Å². The normalized spacial score (nSPS) is 10.7. The van der Waals surface area contributed by atoms with E-state index < -0.39 is 11.9 Å². The fourth-order valence-corrected chi connectivity index (χ4v) is 2.76. The van der Waals surface area contributed by atoms with Gasteiger partial charge in [0.15, 0.2) is 18.1 Å². The van der Waals surface area contributed by atoms with Crippen molar-refractivity contribution in [2.45, 2.75) is 20.6 Å². The standard InChI is InChI=1S/C18H18ClN5O4/c1-10-6-12(7-11(2)15(10)19)28-9-24-5-4-13(22-24)17(25)21-14-8-20-23(3)16(14)18(26)27/h4-8H,9H2,1-3H3,(H,21,25)(H,26,27). The molecule has 1 amide bonds. The SMILES string of the molecule is Cc1cc(OCn2ccc(C(=O)Nc3cnn(C)c3C(=O)O)n2)cc(C)c1Cl. The van der Waals surface area contributed by atoms with Crippen LogP contribution in [0.1, 0.15) is 32.1 Å². The number of ether oxygens (including phenoxy) is 1. The Hall–Kier alpha value is -3.33. The van der Waals surface area contributed by atoms with Crippen LogP contribution in [0.15, 0.2) is 30.6 Å². The first kappa shape index (κ1) is 19.4. The van der Waals surface area contributed by atoms with Crippen LogP contribution in [0.25, 0.3) is 0 Å². The Morgan fingerprint density at radius 2 is 1.96 bits per heavy atom. The summed E-state index contributed by atoms with van der Waals surface area (Å²) in [7, 11) is 1.48. The number of hydrogen-bond donors (Lipinski definition) is 2. The number of carboxylic acids is 1. The van der Waals surface area contributed by atoms with Crippen molar-refractivity contribution >= 4 is 29.2 Å². The number of hydrogen-bond acceptors (Lipinski definition) is 5. The number of amides is 1. The Morgan fingerprint density at radius 3 is 2.61 bits per heavy atom. The molecule has 9 nitrogen and oxygen atoms in total. The van der Waals surface area contributed by atoms with Gasteiger partial charge < -0.3 is 15.2 Å². The molecule has 0 spiro atoms. The van der Waals surface area contributed by atoms with Gasteiger partial charge in [0.2, 0.25) is 0 Å². The second-order valence-corrected chi connectivity index (χ2v) is 6.55. The summed E-state index contributed by atoms with van der Waals surface area (Å²) < 4.78 is 8.31. The molecule has 0 aliphatic heterocycles. The first-order valence-corrected chi connectivity index (χ1v) is 8.63. The van der Waals surface area contributed by atoms with Crippen LogP contribution < -0.4 is 10.1 Å². The molecule has 0 aliphatic carbocycles. The molecule has 146 valence electrons. The van der Waals surface area contributed by atoms with E-state index in [1.165, 1.54) is 28.7 Å². The molecule has 0 saturated heterocycles. The van der Waals surface area contributed by atoms with Gasteiger partial charge >= 0.3 is 5.97 Å². The van der Waals surface area contributed by atoms with Crippen LogP contribution in [0.2, 0.25) is 5.02 Å². The predicted molar refractivity (Wildman–Crippen MR) is 102 cm³/mol. The van der Waals surface area contributed by atoms with E-state index >= 15 is 0 Å². The number of nitrogens with one attached hydrogen (secondary N) is 1. The Balaban J connectivity index is 1.67. The molecule has 3 aromatic rings. The summed E-state index contributed by atoms with van der Waals surface area (Å²) in [5.74, 6) is -1.10. The Kier molecular flexibility index (Phi) is 5.36. The number of halogens is 1. The first-order chi connectivity index (χ1) is 13.3. The number of carbonyl (C=O) groups excluding carboxylic acids is 1. The average molecular weight is 404 g/mol. The summed E-state index contributed by atoms with van der Waals surface area (Å²) in [5.41, 5.74) is 1.90. The lowest BCUT2D eigenvalue weighted by atomic mass is 10.1. The third kappa shape index (κ3) is 3.99. The monoisotopic (exact) mass is 403 g/mol. The lowest BCUT2D eigenvalue weighted by Crippen LogP contribution is -2.16. The van der Waals surface area contributed by atoms with Crippen molar-refractivity contribution in [1.82, 2.24) is 19.6 Å². The van der Waals surface area contributed by atoms with Crippen LogP contribution in [0.4, 0.5) is 5.69 Å². The van der Waals surface area contributed by atoms with E-state index in [0.717, 1.165) is 11.1 Å². The van der Waals surface area contributed by atoms with Gasteiger partial charge in [-0.25, -0.2) is 9.48 Å². The third-order valence-corrected chi connectivity index (χ3v) is 4.63. The number of aromatic carboxylic acids is 1. The summed E-state index contributed by atoms with van der Waals surface area (Å²) in [5, 5.41) is 20.4. The summed E-state index contributed by atoms with van der Waals surface area (Å²) in [6.45, 7) is 3.88. The van der Waals surface area contributed by atoms with Crippen LogP contribution >= 0.6 is 11.6 Å². The molecule has 2 N–H and O–H groups in total. The molecular formula is C18H18ClN5O4. The molecule has 0 fully saturated rings. The quantitative estimate of drug-likeness (QED) is 0.654. The highest BCUT2D eigenvalue weighted by Gasteiger charge is 2.19. The summed E-state index contributed by atoms with van der Waals surface area (Å²) in [6.07, 6.45) is 2.86. The number of nitrogens with zero attached hydrogens (tertiary/aromatic N) is 4. The van der Waals surface area contributed by atoms with Crippen molar-refractivity contribution in [2.75, 3.05) is 5.32 Å². The Bertz CT molecular complexity index is 1030. The second-order valence-electron chi connectivity index (χ2n) is 6.17. The first-order valence-electron chi connectivity index (χ1n) is 8.26. The van der Waals surface area contributed by atoms with Gasteiger partial charge in [0, 0.05) is 18.3 Å². The van der Waals surface area contributed by atoms with E-state index in [9.17, 15) is 14.7 Å². The lowest BCUT2D eigenvalue weighted by molar-refractivity contribution is 0.0686. The van der Waals surface area contributed by atoms with Crippen LogP contribution in [0.5, 0.6) is 5.75 Å².